The van der Waals surface area contributed by atoms with Gasteiger partial charge in [-0.2, -0.15) is 4.39 Å². The summed E-state index contributed by atoms with van der Waals surface area (Å²) in [5, 5.41) is 0. The molecule has 114 valence electrons. The van der Waals surface area contributed by atoms with Gasteiger partial charge in [0.1, 0.15) is 11.6 Å². The minimum Gasteiger partial charge on any atom is -0.368 e. The summed E-state index contributed by atoms with van der Waals surface area (Å²) < 4.78 is 13.2. The molecule has 2 aliphatic rings. The summed E-state index contributed by atoms with van der Waals surface area (Å²) in [6.07, 6.45) is 5.81. The summed E-state index contributed by atoms with van der Waals surface area (Å²) >= 11 is 0. The van der Waals surface area contributed by atoms with Crippen LogP contribution in [0.3, 0.4) is 0 Å². The summed E-state index contributed by atoms with van der Waals surface area (Å²) in [7, 11) is 0. The first-order valence-corrected chi connectivity index (χ1v) is 7.74. The van der Waals surface area contributed by atoms with Gasteiger partial charge in [-0.25, -0.2) is 15.0 Å². The Morgan fingerprint density at radius 2 is 1.68 bits per heavy atom. The van der Waals surface area contributed by atoms with E-state index in [9.17, 15) is 4.39 Å². The molecule has 1 saturated carbocycles. The normalized spacial score (nSPS) is 18.6. The van der Waals surface area contributed by atoms with Gasteiger partial charge in [-0.15, -0.1) is 0 Å². The van der Waals surface area contributed by atoms with Crippen LogP contribution in [0.2, 0.25) is 0 Å². The van der Waals surface area contributed by atoms with Crippen molar-refractivity contribution in [2.45, 2.75) is 18.8 Å². The van der Waals surface area contributed by atoms with Crippen molar-refractivity contribution in [2.75, 3.05) is 36.0 Å². The number of nitrogens with zero attached hydrogens (tertiary/aromatic N) is 5. The number of rotatable bonds is 3. The summed E-state index contributed by atoms with van der Waals surface area (Å²) in [5.41, 5.74) is 0.897. The molecule has 5 nitrogen and oxygen atoms in total. The van der Waals surface area contributed by atoms with E-state index < -0.39 is 5.95 Å². The lowest BCUT2D eigenvalue weighted by molar-refractivity contribution is 0.580. The van der Waals surface area contributed by atoms with Gasteiger partial charge in [0.05, 0.1) is 0 Å². The third-order valence-electron chi connectivity index (χ3n) is 4.28. The summed E-state index contributed by atoms with van der Waals surface area (Å²) in [6, 6.07) is 5.33. The second-order valence-electron chi connectivity index (χ2n) is 5.86. The van der Waals surface area contributed by atoms with Crippen LogP contribution >= 0.6 is 0 Å². The van der Waals surface area contributed by atoms with Crippen LogP contribution < -0.4 is 9.80 Å². The Labute approximate surface area is 128 Å². The summed E-state index contributed by atoms with van der Waals surface area (Å²) in [6.45, 7) is 3.47. The van der Waals surface area contributed by atoms with Gasteiger partial charge in [-0.05, 0) is 25.0 Å². The number of hydrogen-bond donors (Lipinski definition) is 0. The minimum atomic E-state index is -0.426. The predicted octanol–water partition coefficient (Wildman–Crippen LogP) is 2.21. The van der Waals surface area contributed by atoms with E-state index in [1.807, 2.05) is 18.3 Å². The molecule has 22 heavy (non-hydrogen) atoms. The summed E-state index contributed by atoms with van der Waals surface area (Å²) in [5.74, 6) is 2.14. The maximum atomic E-state index is 13.2. The van der Waals surface area contributed by atoms with E-state index in [4.69, 9.17) is 4.98 Å². The van der Waals surface area contributed by atoms with Crippen molar-refractivity contribution < 1.29 is 4.39 Å². The van der Waals surface area contributed by atoms with Crippen molar-refractivity contribution >= 4 is 11.5 Å². The first kappa shape index (κ1) is 13.4. The van der Waals surface area contributed by atoms with E-state index in [2.05, 4.69) is 19.8 Å². The molecule has 0 bridgehead atoms. The average molecular weight is 299 g/mol. The minimum absolute atomic E-state index is 0.426. The Bertz CT molecular complexity index is 665. The third kappa shape index (κ3) is 2.73. The zero-order valence-corrected chi connectivity index (χ0v) is 12.3. The van der Waals surface area contributed by atoms with E-state index >= 15 is 0 Å². The number of pyridine rings is 1. The van der Waals surface area contributed by atoms with E-state index in [0.717, 1.165) is 43.5 Å². The molecule has 6 heteroatoms. The molecule has 0 atom stereocenters. The highest BCUT2D eigenvalue weighted by Gasteiger charge is 2.27. The first-order valence-electron chi connectivity index (χ1n) is 7.74. The quantitative estimate of drug-likeness (QED) is 0.813. The highest BCUT2D eigenvalue weighted by atomic mass is 19.1. The van der Waals surface area contributed by atoms with Crippen LogP contribution in [0.5, 0.6) is 0 Å². The molecule has 0 N–H and O–H groups in total. The monoisotopic (exact) mass is 299 g/mol. The Balaban J connectivity index is 1.44. The third-order valence-corrected chi connectivity index (χ3v) is 4.28. The van der Waals surface area contributed by atoms with Gasteiger partial charge >= 0.3 is 0 Å². The van der Waals surface area contributed by atoms with Gasteiger partial charge in [-0.3, -0.25) is 0 Å². The Morgan fingerprint density at radius 1 is 0.955 bits per heavy atom. The molecule has 1 saturated heterocycles. The number of anilines is 2. The van der Waals surface area contributed by atoms with E-state index in [-0.39, 0.29) is 0 Å². The van der Waals surface area contributed by atoms with Gasteiger partial charge in [0.2, 0.25) is 5.95 Å². The second kappa shape index (κ2) is 5.51. The Morgan fingerprint density at radius 3 is 2.41 bits per heavy atom. The van der Waals surface area contributed by atoms with Crippen LogP contribution in [0.1, 0.15) is 24.6 Å². The van der Waals surface area contributed by atoms with Crippen LogP contribution in [-0.2, 0) is 0 Å². The van der Waals surface area contributed by atoms with Crippen LogP contribution in [0.4, 0.5) is 15.9 Å². The van der Waals surface area contributed by atoms with Crippen molar-refractivity contribution in [3.63, 3.8) is 0 Å². The highest BCUT2D eigenvalue weighted by molar-refractivity contribution is 5.48. The smallest absolute Gasteiger partial charge is 0.214 e. The molecule has 2 fully saturated rings. The zero-order valence-electron chi connectivity index (χ0n) is 12.3. The van der Waals surface area contributed by atoms with Crippen LogP contribution in [-0.4, -0.2) is 41.1 Å². The number of halogens is 1. The lowest BCUT2D eigenvalue weighted by atomic mass is 10.2. The molecular weight excluding hydrogens is 281 g/mol. The standard InChI is InChI=1S/C16H18FN5/c17-14-11-13(3-5-18-14)21-7-9-22(10-8-21)15-4-6-19-16(20-15)12-1-2-12/h3-6,11-12H,1-2,7-10H2. The lowest BCUT2D eigenvalue weighted by Crippen LogP contribution is -2.47. The van der Waals surface area contributed by atoms with Crippen molar-refractivity contribution in [2.24, 2.45) is 0 Å². The molecule has 0 unspecified atom stereocenters. The molecule has 4 rings (SSSR count). The molecule has 1 aliphatic carbocycles. The Hall–Kier alpha value is -2.24. The molecule has 3 heterocycles. The SMILES string of the molecule is Fc1cc(N2CCN(c3ccnc(C4CC4)n3)CC2)ccn1. The number of hydrogen-bond acceptors (Lipinski definition) is 5. The fraction of sp³-hybridized carbons (Fsp3) is 0.438. The van der Waals surface area contributed by atoms with Gasteiger partial charge in [0.25, 0.3) is 0 Å². The van der Waals surface area contributed by atoms with Crippen molar-refractivity contribution in [3.05, 3.63) is 42.4 Å². The van der Waals surface area contributed by atoms with Gasteiger partial charge < -0.3 is 9.80 Å². The predicted molar refractivity (Wildman–Crippen MR) is 82.6 cm³/mol. The second-order valence-corrected chi connectivity index (χ2v) is 5.86. The van der Waals surface area contributed by atoms with E-state index in [0.29, 0.717) is 5.92 Å². The average Bonchev–Trinajstić information content (AvgIpc) is 3.40. The Kier molecular flexibility index (Phi) is 3.36. The molecule has 0 aromatic carbocycles. The van der Waals surface area contributed by atoms with Crippen molar-refractivity contribution in [1.82, 2.24) is 15.0 Å². The van der Waals surface area contributed by atoms with Crippen LogP contribution in [0, 0.1) is 5.95 Å². The van der Waals surface area contributed by atoms with Gasteiger partial charge in [-0.1, -0.05) is 0 Å². The van der Waals surface area contributed by atoms with Crippen LogP contribution in [0.15, 0.2) is 30.6 Å². The van der Waals surface area contributed by atoms with E-state index in [1.165, 1.54) is 25.1 Å². The fourth-order valence-electron chi connectivity index (χ4n) is 2.86. The first-order chi connectivity index (χ1) is 10.8. The molecule has 0 radical (unpaired) electrons. The highest BCUT2D eigenvalue weighted by Crippen LogP contribution is 2.38. The molecular formula is C16H18FN5. The number of aromatic nitrogens is 3. The largest absolute Gasteiger partial charge is 0.368 e. The molecule has 0 spiro atoms. The lowest BCUT2D eigenvalue weighted by Gasteiger charge is -2.36. The molecule has 2 aromatic rings. The van der Waals surface area contributed by atoms with E-state index in [1.54, 1.807) is 0 Å². The molecule has 0 amide bonds. The van der Waals surface area contributed by atoms with Gasteiger partial charge in [0, 0.05) is 56.2 Å². The molecule has 2 aromatic heterocycles. The topological polar surface area (TPSA) is 45.2 Å². The van der Waals surface area contributed by atoms with Crippen LogP contribution in [0.25, 0.3) is 0 Å². The maximum absolute atomic E-state index is 13.2. The summed E-state index contributed by atoms with van der Waals surface area (Å²) in [4.78, 5) is 17.1. The zero-order chi connectivity index (χ0) is 14.9. The number of piperazine rings is 1. The fourth-order valence-corrected chi connectivity index (χ4v) is 2.86. The van der Waals surface area contributed by atoms with Gasteiger partial charge in [0.15, 0.2) is 0 Å². The molecule has 1 aliphatic heterocycles. The maximum Gasteiger partial charge on any atom is 0.214 e. The van der Waals surface area contributed by atoms with Crippen molar-refractivity contribution in [3.8, 4) is 0 Å². The van der Waals surface area contributed by atoms with Crippen molar-refractivity contribution in [1.29, 1.82) is 0 Å².